The van der Waals surface area contributed by atoms with Crippen LogP contribution in [-0.4, -0.2) is 28.3 Å². The van der Waals surface area contributed by atoms with Gasteiger partial charge in [0.15, 0.2) is 11.7 Å². The number of benzene rings is 2. The van der Waals surface area contributed by atoms with E-state index in [1.807, 2.05) is 0 Å². The Morgan fingerprint density at radius 3 is 2.59 bits per heavy atom. The van der Waals surface area contributed by atoms with Crippen molar-refractivity contribution < 1.29 is 19.2 Å². The van der Waals surface area contributed by atoms with Crippen LogP contribution in [-0.2, 0) is 9.59 Å². The number of amides is 2. The van der Waals surface area contributed by atoms with Crippen LogP contribution in [0.25, 0.3) is 10.2 Å². The van der Waals surface area contributed by atoms with E-state index >= 15 is 0 Å². The number of carbonyl (C=O) groups excluding carboxylic acids is 2. The highest BCUT2D eigenvalue weighted by atomic mass is 32.1. The summed E-state index contributed by atoms with van der Waals surface area (Å²) in [5.41, 5.74) is 1.29. The minimum Gasteiger partial charge on any atom is -0.484 e. The molecule has 3 aromatic rings. The molecule has 2 amide bonds. The number of ether oxygens (including phenoxy) is 1. The van der Waals surface area contributed by atoms with Gasteiger partial charge in [0.25, 0.3) is 11.6 Å². The van der Waals surface area contributed by atoms with Crippen molar-refractivity contribution in [3.63, 3.8) is 0 Å². The Hall–Kier alpha value is -3.53. The van der Waals surface area contributed by atoms with Gasteiger partial charge in [-0.3, -0.25) is 25.0 Å². The molecule has 1 aromatic heterocycles. The van der Waals surface area contributed by atoms with Crippen molar-refractivity contribution in [3.8, 4) is 5.75 Å². The van der Waals surface area contributed by atoms with E-state index in [0.717, 1.165) is 4.70 Å². The zero-order valence-corrected chi connectivity index (χ0v) is 14.9. The first-order chi connectivity index (χ1) is 12.9. The molecule has 138 valence electrons. The quantitative estimate of drug-likeness (QED) is 0.495. The predicted molar refractivity (Wildman–Crippen MR) is 101 cm³/mol. The third-order valence-electron chi connectivity index (χ3n) is 3.37. The third-order valence-corrected chi connectivity index (χ3v) is 4.31. The van der Waals surface area contributed by atoms with Crippen molar-refractivity contribution in [2.24, 2.45) is 0 Å². The van der Waals surface area contributed by atoms with Crippen LogP contribution in [0, 0.1) is 10.1 Å². The average Bonchev–Trinajstić information content (AvgIpc) is 3.01. The molecule has 0 aliphatic carbocycles. The van der Waals surface area contributed by atoms with Gasteiger partial charge in [-0.1, -0.05) is 11.3 Å². The molecule has 3 rings (SSSR count). The first-order valence-corrected chi connectivity index (χ1v) is 8.57. The van der Waals surface area contributed by atoms with E-state index in [-0.39, 0.29) is 18.2 Å². The summed E-state index contributed by atoms with van der Waals surface area (Å²) in [6.07, 6.45) is 0. The van der Waals surface area contributed by atoms with Gasteiger partial charge >= 0.3 is 0 Å². The van der Waals surface area contributed by atoms with Gasteiger partial charge in [-0.25, -0.2) is 4.98 Å². The van der Waals surface area contributed by atoms with Crippen LogP contribution in [0.5, 0.6) is 5.75 Å². The Kier molecular flexibility index (Phi) is 5.27. The number of rotatable bonds is 6. The number of hydrogen-bond donors (Lipinski definition) is 2. The highest BCUT2D eigenvalue weighted by molar-refractivity contribution is 7.22. The third kappa shape index (κ3) is 4.76. The van der Waals surface area contributed by atoms with Crippen molar-refractivity contribution in [1.29, 1.82) is 0 Å². The molecular weight excluding hydrogens is 372 g/mol. The number of thiazole rings is 1. The second-order valence-corrected chi connectivity index (χ2v) is 6.50. The number of hydrogen-bond acceptors (Lipinski definition) is 7. The largest absolute Gasteiger partial charge is 0.484 e. The van der Waals surface area contributed by atoms with Gasteiger partial charge in [0.1, 0.15) is 5.75 Å². The molecular formula is C17H14N4O5S. The van der Waals surface area contributed by atoms with E-state index < -0.39 is 10.8 Å². The van der Waals surface area contributed by atoms with E-state index in [0.29, 0.717) is 22.1 Å². The maximum Gasteiger partial charge on any atom is 0.269 e. The monoisotopic (exact) mass is 386 g/mol. The lowest BCUT2D eigenvalue weighted by atomic mass is 10.3. The zero-order chi connectivity index (χ0) is 19.4. The topological polar surface area (TPSA) is 123 Å². The molecule has 0 unspecified atom stereocenters. The fourth-order valence-corrected chi connectivity index (χ4v) is 3.15. The summed E-state index contributed by atoms with van der Waals surface area (Å²) in [5.74, 6) is -0.231. The van der Waals surface area contributed by atoms with Crippen LogP contribution in [0.2, 0.25) is 0 Å². The van der Waals surface area contributed by atoms with Crippen molar-refractivity contribution in [1.82, 2.24) is 4.98 Å². The zero-order valence-electron chi connectivity index (χ0n) is 14.1. The fraction of sp³-hybridized carbons (Fsp3) is 0.118. The van der Waals surface area contributed by atoms with Gasteiger partial charge < -0.3 is 10.1 Å². The second kappa shape index (κ2) is 7.79. The number of non-ortho nitro benzene ring substituents is 1. The molecule has 0 saturated carbocycles. The summed E-state index contributed by atoms with van der Waals surface area (Å²) in [6.45, 7) is 1.17. The van der Waals surface area contributed by atoms with E-state index in [2.05, 4.69) is 15.6 Å². The molecule has 0 bridgehead atoms. The Morgan fingerprint density at radius 2 is 1.93 bits per heavy atom. The first kappa shape index (κ1) is 18.3. The van der Waals surface area contributed by atoms with E-state index in [1.165, 1.54) is 42.5 Å². The van der Waals surface area contributed by atoms with Crippen LogP contribution < -0.4 is 15.4 Å². The smallest absolute Gasteiger partial charge is 0.269 e. The standard InChI is InChI=1S/C17H14N4O5S/c1-10(22)18-11-2-7-14-15(8-11)27-17(19-14)20-16(23)9-26-13-5-3-12(4-6-13)21(24)25/h2-8H,9H2,1H3,(H,18,22)(H,19,20,23). The van der Waals surface area contributed by atoms with E-state index in [1.54, 1.807) is 18.2 Å². The Morgan fingerprint density at radius 1 is 1.19 bits per heavy atom. The summed E-state index contributed by atoms with van der Waals surface area (Å²) in [4.78, 5) is 37.5. The molecule has 0 spiro atoms. The average molecular weight is 386 g/mol. The van der Waals surface area contributed by atoms with E-state index in [4.69, 9.17) is 4.74 Å². The maximum atomic E-state index is 12.0. The number of anilines is 2. The summed E-state index contributed by atoms with van der Waals surface area (Å²) < 4.78 is 6.12. The lowest BCUT2D eigenvalue weighted by Gasteiger charge is -2.05. The minimum absolute atomic E-state index is 0.0556. The molecule has 0 atom stereocenters. The number of fused-ring (bicyclic) bond motifs is 1. The number of aromatic nitrogens is 1. The Bertz CT molecular complexity index is 1020. The number of nitro groups is 1. The van der Waals surface area contributed by atoms with E-state index in [9.17, 15) is 19.7 Å². The van der Waals surface area contributed by atoms with Gasteiger partial charge in [-0.05, 0) is 30.3 Å². The number of nitrogens with one attached hydrogen (secondary N) is 2. The van der Waals surface area contributed by atoms with Crippen LogP contribution in [0.3, 0.4) is 0 Å². The van der Waals surface area contributed by atoms with Crippen LogP contribution in [0.1, 0.15) is 6.92 Å². The molecule has 0 aliphatic rings. The second-order valence-electron chi connectivity index (χ2n) is 5.47. The van der Waals surface area contributed by atoms with Crippen LogP contribution >= 0.6 is 11.3 Å². The van der Waals surface area contributed by atoms with Crippen LogP contribution in [0.4, 0.5) is 16.5 Å². The fourth-order valence-electron chi connectivity index (χ4n) is 2.23. The Balaban J connectivity index is 1.60. The molecule has 9 nitrogen and oxygen atoms in total. The lowest BCUT2D eigenvalue weighted by molar-refractivity contribution is -0.384. The summed E-state index contributed by atoms with van der Waals surface area (Å²) in [5, 5.41) is 16.3. The van der Waals surface area contributed by atoms with Crippen molar-refractivity contribution in [2.75, 3.05) is 17.2 Å². The van der Waals surface area contributed by atoms with Gasteiger partial charge in [-0.2, -0.15) is 0 Å². The molecule has 27 heavy (non-hydrogen) atoms. The predicted octanol–water partition coefficient (Wildman–Crippen LogP) is 3.18. The molecule has 2 N–H and O–H groups in total. The SMILES string of the molecule is CC(=O)Nc1ccc2nc(NC(=O)COc3ccc([N+](=O)[O-])cc3)sc2c1. The maximum absolute atomic E-state index is 12.0. The number of nitrogens with zero attached hydrogens (tertiary/aromatic N) is 2. The molecule has 0 saturated heterocycles. The molecule has 0 fully saturated rings. The lowest BCUT2D eigenvalue weighted by Crippen LogP contribution is -2.19. The van der Waals surface area contributed by atoms with Gasteiger partial charge in [-0.15, -0.1) is 0 Å². The molecule has 0 radical (unpaired) electrons. The molecule has 1 heterocycles. The molecule has 0 aliphatic heterocycles. The Labute approximate surface area is 157 Å². The van der Waals surface area contributed by atoms with Crippen molar-refractivity contribution in [3.05, 3.63) is 52.6 Å². The number of nitro benzene ring substituents is 1. The highest BCUT2D eigenvalue weighted by Gasteiger charge is 2.10. The van der Waals surface area contributed by atoms with Crippen molar-refractivity contribution in [2.45, 2.75) is 6.92 Å². The van der Waals surface area contributed by atoms with Gasteiger partial charge in [0.05, 0.1) is 15.1 Å². The van der Waals surface area contributed by atoms with Crippen LogP contribution in [0.15, 0.2) is 42.5 Å². The summed E-state index contributed by atoms with van der Waals surface area (Å²) in [7, 11) is 0. The normalized spacial score (nSPS) is 10.4. The van der Waals surface area contributed by atoms with Crippen molar-refractivity contribution >= 4 is 49.9 Å². The summed E-state index contributed by atoms with van der Waals surface area (Å²) >= 11 is 1.27. The molecule has 2 aromatic carbocycles. The van der Waals surface area contributed by atoms with Gasteiger partial charge in [0, 0.05) is 24.7 Å². The van der Waals surface area contributed by atoms with Gasteiger partial charge in [0.2, 0.25) is 5.91 Å². The molecule has 10 heteroatoms. The first-order valence-electron chi connectivity index (χ1n) is 7.76. The highest BCUT2D eigenvalue weighted by Crippen LogP contribution is 2.28. The minimum atomic E-state index is -0.513. The summed E-state index contributed by atoms with van der Waals surface area (Å²) in [6, 6.07) is 10.7. The number of carbonyl (C=O) groups is 2.